The fourth-order valence-electron chi connectivity index (χ4n) is 2.90. The van der Waals surface area contributed by atoms with Gasteiger partial charge < -0.3 is 19.1 Å². The van der Waals surface area contributed by atoms with Crippen LogP contribution < -0.4 is 9.47 Å². The van der Waals surface area contributed by atoms with Crippen molar-refractivity contribution in [2.45, 2.75) is 20.0 Å². The highest BCUT2D eigenvalue weighted by atomic mass is 19.3. The van der Waals surface area contributed by atoms with Crippen molar-refractivity contribution < 1.29 is 32.6 Å². The van der Waals surface area contributed by atoms with Crippen LogP contribution in [-0.2, 0) is 9.53 Å². The van der Waals surface area contributed by atoms with Gasteiger partial charge in [0.1, 0.15) is 0 Å². The van der Waals surface area contributed by atoms with Gasteiger partial charge in [-0.05, 0) is 31.5 Å². The second-order valence-electron chi connectivity index (χ2n) is 5.97. The molecule has 150 valence electrons. The Morgan fingerprint density at radius 1 is 1.15 bits per heavy atom. The lowest BCUT2D eigenvalue weighted by atomic mass is 10.1. The zero-order valence-corrected chi connectivity index (χ0v) is 15.5. The molecule has 0 N–H and O–H groups in total. The van der Waals surface area contributed by atoms with Crippen LogP contribution in [0.3, 0.4) is 0 Å². The van der Waals surface area contributed by atoms with Crippen molar-refractivity contribution in [1.29, 1.82) is 0 Å². The van der Waals surface area contributed by atoms with Gasteiger partial charge in [0.05, 0.1) is 20.3 Å². The van der Waals surface area contributed by atoms with Gasteiger partial charge in [0.15, 0.2) is 11.5 Å². The number of hydrogen-bond acceptors (Lipinski definition) is 6. The molecule has 0 spiro atoms. The summed E-state index contributed by atoms with van der Waals surface area (Å²) >= 11 is 0. The van der Waals surface area contributed by atoms with Crippen LogP contribution in [-0.4, -0.2) is 74.7 Å². The average Bonchev–Trinajstić information content (AvgIpc) is 2.86. The number of esters is 1. The summed E-state index contributed by atoms with van der Waals surface area (Å²) in [6, 6.07) is 4.20. The van der Waals surface area contributed by atoms with Crippen LogP contribution in [0.2, 0.25) is 0 Å². The summed E-state index contributed by atoms with van der Waals surface area (Å²) in [5.74, 6) is -0.628. The highest BCUT2D eigenvalue weighted by Crippen LogP contribution is 2.30. The first kappa shape index (κ1) is 20.9. The van der Waals surface area contributed by atoms with Crippen molar-refractivity contribution >= 4 is 11.9 Å². The minimum absolute atomic E-state index is 0.128. The van der Waals surface area contributed by atoms with Gasteiger partial charge in [-0.1, -0.05) is 0 Å². The molecule has 1 aromatic carbocycles. The first-order valence-corrected chi connectivity index (χ1v) is 8.74. The number of ether oxygens (including phenoxy) is 3. The molecule has 27 heavy (non-hydrogen) atoms. The highest BCUT2D eigenvalue weighted by molar-refractivity contribution is 5.95. The average molecular weight is 386 g/mol. The van der Waals surface area contributed by atoms with Gasteiger partial charge in [0.25, 0.3) is 5.91 Å². The predicted octanol–water partition coefficient (Wildman–Crippen LogP) is 2.01. The van der Waals surface area contributed by atoms with Crippen molar-refractivity contribution in [3.05, 3.63) is 23.8 Å². The zero-order chi connectivity index (χ0) is 19.8. The monoisotopic (exact) mass is 386 g/mol. The van der Waals surface area contributed by atoms with Gasteiger partial charge in [0.2, 0.25) is 0 Å². The standard InChI is InChI=1S/C18H24F2N2O5/c1-3-26-16(23)12-21-7-4-8-22(10-9-21)17(24)13-5-6-14(25-2)15(11-13)27-18(19)20/h5-6,11,18H,3-4,7-10,12H2,1-2H3. The molecule has 1 aromatic rings. The number of rotatable bonds is 7. The molecular weight excluding hydrogens is 362 g/mol. The van der Waals surface area contributed by atoms with E-state index >= 15 is 0 Å². The van der Waals surface area contributed by atoms with E-state index in [-0.39, 0.29) is 35.5 Å². The third-order valence-electron chi connectivity index (χ3n) is 4.16. The van der Waals surface area contributed by atoms with Gasteiger partial charge in [-0.2, -0.15) is 8.78 Å². The SMILES string of the molecule is CCOC(=O)CN1CCCN(C(=O)c2ccc(OC)c(OC(F)F)c2)CC1. The van der Waals surface area contributed by atoms with Crippen LogP contribution in [0.4, 0.5) is 8.78 Å². The lowest BCUT2D eigenvalue weighted by Gasteiger charge is -2.22. The Kier molecular flexibility index (Phi) is 7.78. The Hall–Kier alpha value is -2.42. The molecular formula is C18H24F2N2O5. The molecule has 1 aliphatic heterocycles. The van der Waals surface area contributed by atoms with Crippen LogP contribution in [0.15, 0.2) is 18.2 Å². The fourth-order valence-corrected chi connectivity index (χ4v) is 2.90. The van der Waals surface area contributed by atoms with Crippen LogP contribution in [0.1, 0.15) is 23.7 Å². The maximum atomic E-state index is 12.8. The number of benzene rings is 1. The van der Waals surface area contributed by atoms with E-state index in [1.165, 1.54) is 25.3 Å². The van der Waals surface area contributed by atoms with Crippen LogP contribution >= 0.6 is 0 Å². The minimum Gasteiger partial charge on any atom is -0.493 e. The molecule has 1 aliphatic rings. The number of hydrogen-bond donors (Lipinski definition) is 0. The Morgan fingerprint density at radius 2 is 1.93 bits per heavy atom. The number of amides is 1. The first-order chi connectivity index (χ1) is 12.9. The van der Waals surface area contributed by atoms with E-state index < -0.39 is 6.61 Å². The smallest absolute Gasteiger partial charge is 0.387 e. The summed E-state index contributed by atoms with van der Waals surface area (Å²) < 4.78 is 39.5. The molecule has 7 nitrogen and oxygen atoms in total. The molecule has 1 heterocycles. The Morgan fingerprint density at radius 3 is 2.59 bits per heavy atom. The predicted molar refractivity (Wildman–Crippen MR) is 93.2 cm³/mol. The third kappa shape index (κ3) is 6.06. The van der Waals surface area contributed by atoms with E-state index in [2.05, 4.69) is 4.74 Å². The number of carbonyl (C=O) groups is 2. The van der Waals surface area contributed by atoms with Crippen molar-refractivity contribution in [2.75, 3.05) is 46.4 Å². The maximum absolute atomic E-state index is 12.8. The highest BCUT2D eigenvalue weighted by Gasteiger charge is 2.23. The molecule has 1 amide bonds. The second kappa shape index (κ2) is 10.1. The normalized spacial score (nSPS) is 15.4. The topological polar surface area (TPSA) is 68.3 Å². The van der Waals surface area contributed by atoms with E-state index in [0.29, 0.717) is 39.2 Å². The molecule has 0 bridgehead atoms. The number of halogens is 2. The molecule has 9 heteroatoms. The van der Waals surface area contributed by atoms with E-state index in [1.807, 2.05) is 4.90 Å². The van der Waals surface area contributed by atoms with Gasteiger partial charge >= 0.3 is 12.6 Å². The molecule has 0 unspecified atom stereocenters. The molecule has 0 aliphatic carbocycles. The number of methoxy groups -OCH3 is 1. The van der Waals surface area contributed by atoms with E-state index in [0.717, 1.165) is 0 Å². The Balaban J connectivity index is 2.04. The van der Waals surface area contributed by atoms with Crippen molar-refractivity contribution in [2.24, 2.45) is 0 Å². The van der Waals surface area contributed by atoms with Gasteiger partial charge in [-0.25, -0.2) is 0 Å². The largest absolute Gasteiger partial charge is 0.493 e. The number of nitrogens with zero attached hydrogens (tertiary/aromatic N) is 2. The minimum atomic E-state index is -3.01. The summed E-state index contributed by atoms with van der Waals surface area (Å²) in [5, 5.41) is 0. The molecule has 0 saturated carbocycles. The van der Waals surface area contributed by atoms with Crippen molar-refractivity contribution in [3.8, 4) is 11.5 Å². The molecule has 0 radical (unpaired) electrons. The lowest BCUT2D eigenvalue weighted by Crippen LogP contribution is -2.37. The summed E-state index contributed by atoms with van der Waals surface area (Å²) in [4.78, 5) is 27.9. The third-order valence-corrected chi connectivity index (χ3v) is 4.16. The summed E-state index contributed by atoms with van der Waals surface area (Å²) in [6.45, 7) is 1.39. The molecule has 1 saturated heterocycles. The zero-order valence-electron chi connectivity index (χ0n) is 15.5. The van der Waals surface area contributed by atoms with Gasteiger partial charge in [-0.15, -0.1) is 0 Å². The van der Waals surface area contributed by atoms with Crippen LogP contribution in [0.25, 0.3) is 0 Å². The van der Waals surface area contributed by atoms with Gasteiger partial charge in [0, 0.05) is 31.7 Å². The Labute approximate surface area is 156 Å². The maximum Gasteiger partial charge on any atom is 0.387 e. The van der Waals surface area contributed by atoms with Crippen molar-refractivity contribution in [1.82, 2.24) is 9.80 Å². The van der Waals surface area contributed by atoms with E-state index in [1.54, 1.807) is 11.8 Å². The first-order valence-electron chi connectivity index (χ1n) is 8.74. The molecule has 0 atom stereocenters. The molecule has 0 aromatic heterocycles. The number of alkyl halides is 2. The number of carbonyl (C=O) groups excluding carboxylic acids is 2. The Bertz CT molecular complexity index is 657. The van der Waals surface area contributed by atoms with Crippen molar-refractivity contribution in [3.63, 3.8) is 0 Å². The molecule has 2 rings (SSSR count). The van der Waals surface area contributed by atoms with E-state index in [9.17, 15) is 18.4 Å². The quantitative estimate of drug-likeness (QED) is 0.668. The van der Waals surface area contributed by atoms with Crippen LogP contribution in [0, 0.1) is 0 Å². The summed E-state index contributed by atoms with van der Waals surface area (Å²) in [7, 11) is 1.34. The fraction of sp³-hybridized carbons (Fsp3) is 0.556. The summed E-state index contributed by atoms with van der Waals surface area (Å²) in [5.41, 5.74) is 0.241. The van der Waals surface area contributed by atoms with E-state index in [4.69, 9.17) is 9.47 Å². The molecule has 1 fully saturated rings. The lowest BCUT2D eigenvalue weighted by molar-refractivity contribution is -0.144. The second-order valence-corrected chi connectivity index (χ2v) is 5.97. The summed E-state index contributed by atoms with van der Waals surface area (Å²) in [6.07, 6.45) is 0.696. The van der Waals surface area contributed by atoms with Crippen LogP contribution in [0.5, 0.6) is 11.5 Å². The van der Waals surface area contributed by atoms with Gasteiger partial charge in [-0.3, -0.25) is 14.5 Å².